The van der Waals surface area contributed by atoms with Crippen LogP contribution in [-0.2, 0) is 44.2 Å². The highest BCUT2D eigenvalue weighted by molar-refractivity contribution is 6.91. The van der Waals surface area contributed by atoms with E-state index in [0.717, 1.165) is 52.2 Å². The zero-order chi connectivity index (χ0) is 38.5. The van der Waals surface area contributed by atoms with Crippen molar-refractivity contribution in [3.05, 3.63) is 119 Å². The summed E-state index contributed by atoms with van der Waals surface area (Å²) in [6, 6.07) is 31.9. The van der Waals surface area contributed by atoms with Gasteiger partial charge in [0.2, 0.25) is 11.8 Å². The number of aliphatic hydroxyl groups excluding tert-OH is 1. The third-order valence-corrected chi connectivity index (χ3v) is 17.3. The third kappa shape index (κ3) is 6.38. The summed E-state index contributed by atoms with van der Waals surface area (Å²) in [5.41, 5.74) is 4.26. The van der Waals surface area contributed by atoms with E-state index < -0.39 is 19.8 Å². The number of aliphatic hydroxyl groups is 1. The fourth-order valence-electron chi connectivity index (χ4n) is 10.0. The molecular formula is C45H51N3O6Si. The van der Waals surface area contributed by atoms with Gasteiger partial charge in [0.1, 0.15) is 5.75 Å². The molecule has 0 aliphatic carbocycles. The van der Waals surface area contributed by atoms with Crippen LogP contribution in [0.15, 0.2) is 97.1 Å². The minimum atomic E-state index is -2.49. The number of anilines is 2. The predicted molar refractivity (Wildman–Crippen MR) is 216 cm³/mol. The standard InChI is InChI=1S/C45H51N3O6Si/c1-30-43(55(3,4)37-21-19-36(53-2)20-22-37)40(26-42(51)47-28-33-14-6-5-13-32(33)25-35(47)29-49)54-45(30)38-16-7-8-17-39(38)48(44(45)52)27-31-12-11-15-34(24-31)46-23-10-9-18-41(46)50/h5-8,11-17,19-22,24,30,35,40,43,49H,9-10,18,23,25-29H2,1-4H3/t30-,35+,40+,43-,45+/m1/s1. The smallest absolute Gasteiger partial charge is 0.264 e. The Kier molecular flexibility index (Phi) is 9.94. The molecule has 1 spiro atoms. The molecule has 8 rings (SSSR count). The van der Waals surface area contributed by atoms with Crippen LogP contribution in [0.1, 0.15) is 54.9 Å². The van der Waals surface area contributed by atoms with Crippen molar-refractivity contribution in [2.45, 2.75) is 88.5 Å². The largest absolute Gasteiger partial charge is 0.497 e. The first-order valence-electron chi connectivity index (χ1n) is 19.7. The average molecular weight is 758 g/mol. The lowest BCUT2D eigenvalue weighted by atomic mass is 9.82. The molecule has 10 heteroatoms. The van der Waals surface area contributed by atoms with Crippen LogP contribution in [0.5, 0.6) is 5.75 Å². The lowest BCUT2D eigenvalue weighted by molar-refractivity contribution is -0.151. The molecule has 1 N–H and O–H groups in total. The lowest BCUT2D eigenvalue weighted by Gasteiger charge is -2.39. The van der Waals surface area contributed by atoms with Gasteiger partial charge in [0.05, 0.1) is 52.6 Å². The number of para-hydroxylation sites is 1. The molecule has 4 aromatic rings. The van der Waals surface area contributed by atoms with E-state index in [1.165, 1.54) is 5.19 Å². The molecule has 0 unspecified atom stereocenters. The number of carbonyl (C=O) groups is 3. The maximum Gasteiger partial charge on any atom is 0.264 e. The molecule has 9 nitrogen and oxygen atoms in total. The van der Waals surface area contributed by atoms with Gasteiger partial charge in [0.25, 0.3) is 5.91 Å². The van der Waals surface area contributed by atoms with Crippen LogP contribution in [0.4, 0.5) is 11.4 Å². The molecule has 2 saturated heterocycles. The number of hydrogen-bond acceptors (Lipinski definition) is 6. The van der Waals surface area contributed by atoms with E-state index >= 15 is 4.79 Å². The Morgan fingerprint density at radius 2 is 1.69 bits per heavy atom. The van der Waals surface area contributed by atoms with Crippen molar-refractivity contribution in [1.29, 1.82) is 0 Å². The van der Waals surface area contributed by atoms with Crippen LogP contribution in [0, 0.1) is 5.92 Å². The van der Waals surface area contributed by atoms with Gasteiger partial charge >= 0.3 is 0 Å². The zero-order valence-electron chi connectivity index (χ0n) is 32.2. The first-order chi connectivity index (χ1) is 26.6. The van der Waals surface area contributed by atoms with Gasteiger partial charge in [-0.1, -0.05) is 91.9 Å². The second kappa shape index (κ2) is 14.7. The van der Waals surface area contributed by atoms with Crippen LogP contribution >= 0.6 is 0 Å². The minimum Gasteiger partial charge on any atom is -0.497 e. The van der Waals surface area contributed by atoms with Crippen molar-refractivity contribution < 1.29 is 29.0 Å². The number of ether oxygens (including phenoxy) is 2. The Morgan fingerprint density at radius 3 is 2.44 bits per heavy atom. The van der Waals surface area contributed by atoms with Gasteiger partial charge in [-0.05, 0) is 71.8 Å². The van der Waals surface area contributed by atoms with Gasteiger partial charge in [0.15, 0.2) is 5.60 Å². The zero-order valence-corrected chi connectivity index (χ0v) is 33.2. The summed E-state index contributed by atoms with van der Waals surface area (Å²) in [7, 11) is -0.831. The molecule has 4 aliphatic rings. The topological polar surface area (TPSA) is 99.6 Å². The average Bonchev–Trinajstić information content (AvgIpc) is 3.63. The quantitative estimate of drug-likeness (QED) is 0.201. The predicted octanol–water partition coefficient (Wildman–Crippen LogP) is 6.31. The second-order valence-corrected chi connectivity index (χ2v) is 21.0. The molecule has 286 valence electrons. The summed E-state index contributed by atoms with van der Waals surface area (Å²) < 4.78 is 12.8. The lowest BCUT2D eigenvalue weighted by Crippen LogP contribution is -2.52. The van der Waals surface area contributed by atoms with Crippen molar-refractivity contribution in [2.75, 3.05) is 30.1 Å². The van der Waals surface area contributed by atoms with Gasteiger partial charge in [-0.2, -0.15) is 0 Å². The molecule has 0 saturated carbocycles. The molecule has 5 atom stereocenters. The normalized spacial score (nSPS) is 25.0. The third-order valence-electron chi connectivity index (χ3n) is 12.9. The van der Waals surface area contributed by atoms with Crippen LogP contribution in [0.3, 0.4) is 0 Å². The molecule has 0 bridgehead atoms. The van der Waals surface area contributed by atoms with Crippen LogP contribution in [0.25, 0.3) is 0 Å². The molecule has 4 aromatic carbocycles. The van der Waals surface area contributed by atoms with Gasteiger partial charge in [-0.3, -0.25) is 14.4 Å². The highest BCUT2D eigenvalue weighted by Crippen LogP contribution is 2.60. The Balaban J connectivity index is 1.16. The summed E-state index contributed by atoms with van der Waals surface area (Å²) in [5, 5.41) is 11.7. The van der Waals surface area contributed by atoms with Crippen molar-refractivity contribution in [3.8, 4) is 5.75 Å². The monoisotopic (exact) mass is 757 g/mol. The first kappa shape index (κ1) is 37.2. The minimum absolute atomic E-state index is 0.0769. The molecule has 4 aliphatic heterocycles. The number of hydrogen-bond donors (Lipinski definition) is 1. The molecule has 0 aromatic heterocycles. The van der Waals surface area contributed by atoms with E-state index in [1.807, 2.05) is 87.5 Å². The van der Waals surface area contributed by atoms with Crippen LogP contribution < -0.4 is 19.7 Å². The number of fused-ring (bicyclic) bond motifs is 3. The Labute approximate surface area is 324 Å². The Hall–Kier alpha value is -4.77. The van der Waals surface area contributed by atoms with Gasteiger partial charge in [-0.15, -0.1) is 0 Å². The van der Waals surface area contributed by atoms with E-state index in [-0.39, 0.29) is 48.3 Å². The SMILES string of the molecule is COc1ccc([Si](C)(C)[C@H]2[C@H](CC(=O)N3Cc4ccccc4C[C@H]3CO)O[C@@]3(C(=O)N(Cc4cccc(N5CCCCC5=O)c4)c4ccccc43)[C@@H]2C)cc1. The first-order valence-corrected chi connectivity index (χ1v) is 22.7. The molecule has 4 heterocycles. The van der Waals surface area contributed by atoms with E-state index in [1.54, 1.807) is 7.11 Å². The van der Waals surface area contributed by atoms with Gasteiger partial charge in [0, 0.05) is 36.7 Å². The van der Waals surface area contributed by atoms with E-state index in [4.69, 9.17) is 9.47 Å². The number of carbonyl (C=O) groups excluding carboxylic acids is 3. The fourth-order valence-corrected chi connectivity index (χ4v) is 14.1. The fraction of sp³-hybridized carbons (Fsp3) is 0.400. The summed E-state index contributed by atoms with van der Waals surface area (Å²) >= 11 is 0. The van der Waals surface area contributed by atoms with E-state index in [2.05, 4.69) is 44.3 Å². The van der Waals surface area contributed by atoms with Crippen LogP contribution in [0.2, 0.25) is 18.6 Å². The number of benzene rings is 4. The number of rotatable bonds is 9. The van der Waals surface area contributed by atoms with Gasteiger partial charge in [-0.25, -0.2) is 0 Å². The maximum absolute atomic E-state index is 15.3. The van der Waals surface area contributed by atoms with Gasteiger partial charge < -0.3 is 29.3 Å². The highest BCUT2D eigenvalue weighted by atomic mass is 28.3. The second-order valence-electron chi connectivity index (χ2n) is 16.3. The highest BCUT2D eigenvalue weighted by Gasteiger charge is 2.66. The van der Waals surface area contributed by atoms with Crippen molar-refractivity contribution in [3.63, 3.8) is 0 Å². The number of amides is 3. The van der Waals surface area contributed by atoms with E-state index in [0.29, 0.717) is 32.5 Å². The molecule has 2 fully saturated rings. The Morgan fingerprint density at radius 1 is 0.945 bits per heavy atom. The maximum atomic E-state index is 15.3. The molecular weight excluding hydrogens is 707 g/mol. The van der Waals surface area contributed by atoms with Crippen molar-refractivity contribution in [2.24, 2.45) is 5.92 Å². The molecule has 55 heavy (non-hydrogen) atoms. The summed E-state index contributed by atoms with van der Waals surface area (Å²) in [4.78, 5) is 48.2. The van der Waals surface area contributed by atoms with E-state index in [9.17, 15) is 14.7 Å². The van der Waals surface area contributed by atoms with Crippen LogP contribution in [-0.4, -0.2) is 68.2 Å². The summed E-state index contributed by atoms with van der Waals surface area (Å²) in [5.74, 6) is 0.442. The number of nitrogens with zero attached hydrogens (tertiary/aromatic N) is 3. The molecule has 3 amide bonds. The molecule has 0 radical (unpaired) electrons. The van der Waals surface area contributed by atoms with Crippen molar-refractivity contribution >= 4 is 42.4 Å². The summed E-state index contributed by atoms with van der Waals surface area (Å²) in [6.45, 7) is 8.09. The summed E-state index contributed by atoms with van der Waals surface area (Å²) in [6.07, 6.45) is 2.57. The number of methoxy groups -OCH3 is 1. The number of piperidine rings is 1. The van der Waals surface area contributed by atoms with Crippen molar-refractivity contribution in [1.82, 2.24) is 4.90 Å². The Bertz CT molecular complexity index is 2100.